The Labute approximate surface area is 113 Å². The standard InChI is InChI=1S/C12H15BrFNO3/c1-18-7-5-15(4-6-16)12(17)10-8-9(13)2-3-11(10)14/h2-3,8,16H,4-7H2,1H3. The SMILES string of the molecule is COCCN(CCO)C(=O)c1cc(Br)ccc1F. The number of amides is 1. The van der Waals surface area contributed by atoms with Crippen molar-refractivity contribution in [3.63, 3.8) is 0 Å². The third-order valence-electron chi connectivity index (χ3n) is 2.38. The average Bonchev–Trinajstić information content (AvgIpc) is 2.36. The average molecular weight is 320 g/mol. The number of benzene rings is 1. The van der Waals surface area contributed by atoms with Crippen LogP contribution in [0.4, 0.5) is 4.39 Å². The minimum atomic E-state index is -0.580. The van der Waals surface area contributed by atoms with E-state index in [0.29, 0.717) is 17.6 Å². The number of nitrogens with zero attached hydrogens (tertiary/aromatic N) is 1. The summed E-state index contributed by atoms with van der Waals surface area (Å²) in [6.07, 6.45) is 0. The largest absolute Gasteiger partial charge is 0.395 e. The molecule has 0 aliphatic rings. The molecule has 4 nitrogen and oxygen atoms in total. The van der Waals surface area contributed by atoms with Crippen LogP contribution < -0.4 is 0 Å². The molecule has 0 fully saturated rings. The van der Waals surface area contributed by atoms with Crippen LogP contribution in [0.2, 0.25) is 0 Å². The summed E-state index contributed by atoms with van der Waals surface area (Å²) in [5, 5.41) is 8.92. The molecular weight excluding hydrogens is 305 g/mol. The Hall–Kier alpha value is -0.980. The van der Waals surface area contributed by atoms with Crippen molar-refractivity contribution in [2.75, 3.05) is 33.4 Å². The van der Waals surface area contributed by atoms with Crippen molar-refractivity contribution in [1.29, 1.82) is 0 Å². The Morgan fingerprint density at radius 1 is 1.50 bits per heavy atom. The number of hydrogen-bond donors (Lipinski definition) is 1. The number of methoxy groups -OCH3 is 1. The smallest absolute Gasteiger partial charge is 0.257 e. The number of rotatable bonds is 6. The highest BCUT2D eigenvalue weighted by molar-refractivity contribution is 9.10. The zero-order valence-corrected chi connectivity index (χ0v) is 11.6. The Balaban J connectivity index is 2.90. The predicted octanol–water partition coefficient (Wildman–Crippen LogP) is 1.67. The third kappa shape index (κ3) is 4.04. The van der Waals surface area contributed by atoms with Crippen LogP contribution in [0.25, 0.3) is 0 Å². The van der Waals surface area contributed by atoms with Crippen LogP contribution in [0.1, 0.15) is 10.4 Å². The zero-order valence-electron chi connectivity index (χ0n) is 10.0. The van der Waals surface area contributed by atoms with Gasteiger partial charge < -0.3 is 14.7 Å². The lowest BCUT2D eigenvalue weighted by Crippen LogP contribution is -2.36. The number of aliphatic hydroxyl groups is 1. The summed E-state index contributed by atoms with van der Waals surface area (Å²) in [5.74, 6) is -1.04. The van der Waals surface area contributed by atoms with Crippen LogP contribution in [0.15, 0.2) is 22.7 Å². The number of halogens is 2. The van der Waals surface area contributed by atoms with E-state index in [9.17, 15) is 9.18 Å². The summed E-state index contributed by atoms with van der Waals surface area (Å²) in [5.41, 5.74) is -0.0195. The maximum Gasteiger partial charge on any atom is 0.257 e. The zero-order chi connectivity index (χ0) is 13.5. The van der Waals surface area contributed by atoms with Gasteiger partial charge in [-0.1, -0.05) is 15.9 Å². The monoisotopic (exact) mass is 319 g/mol. The molecule has 0 atom stereocenters. The van der Waals surface area contributed by atoms with Gasteiger partial charge in [-0.3, -0.25) is 4.79 Å². The van der Waals surface area contributed by atoms with Gasteiger partial charge in [-0.2, -0.15) is 0 Å². The second kappa shape index (κ2) is 7.45. The molecule has 1 aromatic rings. The Bertz CT molecular complexity index is 414. The fraction of sp³-hybridized carbons (Fsp3) is 0.417. The Morgan fingerprint density at radius 2 is 2.22 bits per heavy atom. The molecule has 1 N–H and O–H groups in total. The maximum absolute atomic E-state index is 13.6. The van der Waals surface area contributed by atoms with E-state index >= 15 is 0 Å². The van der Waals surface area contributed by atoms with Crippen molar-refractivity contribution in [2.24, 2.45) is 0 Å². The molecule has 1 rings (SSSR count). The molecule has 0 heterocycles. The number of hydrogen-bond acceptors (Lipinski definition) is 3. The van der Waals surface area contributed by atoms with Gasteiger partial charge in [-0.15, -0.1) is 0 Å². The maximum atomic E-state index is 13.6. The van der Waals surface area contributed by atoms with Crippen molar-refractivity contribution >= 4 is 21.8 Å². The van der Waals surface area contributed by atoms with Crippen LogP contribution in [0.5, 0.6) is 0 Å². The fourth-order valence-corrected chi connectivity index (χ4v) is 1.83. The van der Waals surface area contributed by atoms with E-state index in [2.05, 4.69) is 15.9 Å². The topological polar surface area (TPSA) is 49.8 Å². The molecule has 0 saturated carbocycles. The van der Waals surface area contributed by atoms with Crippen LogP contribution >= 0.6 is 15.9 Å². The van der Waals surface area contributed by atoms with Gasteiger partial charge in [0.25, 0.3) is 5.91 Å². The van der Waals surface area contributed by atoms with Crippen LogP contribution in [-0.4, -0.2) is 49.3 Å². The Morgan fingerprint density at radius 3 is 2.83 bits per heavy atom. The first-order valence-electron chi connectivity index (χ1n) is 5.44. The van der Waals surface area contributed by atoms with Gasteiger partial charge in [0.2, 0.25) is 0 Å². The van der Waals surface area contributed by atoms with Gasteiger partial charge in [0.15, 0.2) is 0 Å². The molecule has 0 bridgehead atoms. The highest BCUT2D eigenvalue weighted by atomic mass is 79.9. The van der Waals surface area contributed by atoms with Gasteiger partial charge in [0.1, 0.15) is 5.82 Å². The Kier molecular flexibility index (Phi) is 6.24. The molecule has 100 valence electrons. The lowest BCUT2D eigenvalue weighted by Gasteiger charge is -2.21. The highest BCUT2D eigenvalue weighted by Crippen LogP contribution is 2.17. The molecule has 6 heteroatoms. The molecule has 0 aliphatic heterocycles. The van der Waals surface area contributed by atoms with Crippen molar-refractivity contribution in [1.82, 2.24) is 4.90 Å². The normalized spacial score (nSPS) is 10.4. The summed E-state index contributed by atoms with van der Waals surface area (Å²) in [6.45, 7) is 0.614. The first-order valence-corrected chi connectivity index (χ1v) is 6.23. The molecule has 0 aliphatic carbocycles. The second-order valence-electron chi connectivity index (χ2n) is 3.63. The molecule has 1 amide bonds. The molecule has 0 spiro atoms. The number of aliphatic hydroxyl groups excluding tert-OH is 1. The van der Waals surface area contributed by atoms with Gasteiger partial charge in [0.05, 0.1) is 18.8 Å². The van der Waals surface area contributed by atoms with Gasteiger partial charge in [0, 0.05) is 24.7 Å². The first-order chi connectivity index (χ1) is 8.60. The number of carbonyl (C=O) groups is 1. The summed E-state index contributed by atoms with van der Waals surface area (Å²) in [4.78, 5) is 13.5. The quantitative estimate of drug-likeness (QED) is 0.867. The molecule has 0 saturated heterocycles. The van der Waals surface area contributed by atoms with E-state index in [4.69, 9.17) is 9.84 Å². The van der Waals surface area contributed by atoms with E-state index in [-0.39, 0.29) is 18.7 Å². The molecule has 0 radical (unpaired) electrons. The van der Waals surface area contributed by atoms with Crippen molar-refractivity contribution < 1.29 is 19.0 Å². The number of ether oxygens (including phenoxy) is 1. The number of carbonyl (C=O) groups excluding carboxylic acids is 1. The molecule has 0 aromatic heterocycles. The second-order valence-corrected chi connectivity index (χ2v) is 4.55. The minimum absolute atomic E-state index is 0.0195. The van der Waals surface area contributed by atoms with Crippen molar-refractivity contribution in [3.05, 3.63) is 34.1 Å². The lowest BCUT2D eigenvalue weighted by atomic mass is 10.2. The fourth-order valence-electron chi connectivity index (χ4n) is 1.47. The van der Waals surface area contributed by atoms with Gasteiger partial charge in [-0.25, -0.2) is 4.39 Å². The third-order valence-corrected chi connectivity index (χ3v) is 2.87. The van der Waals surface area contributed by atoms with Crippen LogP contribution in [-0.2, 0) is 4.74 Å². The first kappa shape index (κ1) is 15.1. The van der Waals surface area contributed by atoms with Gasteiger partial charge >= 0.3 is 0 Å². The summed E-state index contributed by atoms with van der Waals surface area (Å²) in [7, 11) is 1.52. The van der Waals surface area contributed by atoms with Crippen LogP contribution in [0, 0.1) is 5.82 Å². The van der Waals surface area contributed by atoms with Crippen molar-refractivity contribution in [3.8, 4) is 0 Å². The van der Waals surface area contributed by atoms with Crippen molar-refractivity contribution in [2.45, 2.75) is 0 Å². The van der Waals surface area contributed by atoms with Gasteiger partial charge in [-0.05, 0) is 18.2 Å². The predicted molar refractivity (Wildman–Crippen MR) is 69.0 cm³/mol. The van der Waals surface area contributed by atoms with E-state index in [1.807, 2.05) is 0 Å². The van der Waals surface area contributed by atoms with E-state index < -0.39 is 11.7 Å². The molecular formula is C12H15BrFNO3. The van der Waals surface area contributed by atoms with E-state index in [1.165, 1.54) is 30.2 Å². The molecule has 18 heavy (non-hydrogen) atoms. The minimum Gasteiger partial charge on any atom is -0.395 e. The van der Waals surface area contributed by atoms with E-state index in [1.54, 1.807) is 0 Å². The van der Waals surface area contributed by atoms with E-state index in [0.717, 1.165) is 0 Å². The molecule has 0 unspecified atom stereocenters. The summed E-state index contributed by atoms with van der Waals surface area (Å²) >= 11 is 3.19. The lowest BCUT2D eigenvalue weighted by molar-refractivity contribution is 0.0652. The molecule has 1 aromatic carbocycles. The highest BCUT2D eigenvalue weighted by Gasteiger charge is 2.18. The summed E-state index contributed by atoms with van der Waals surface area (Å²) < 4.78 is 19.1. The van der Waals surface area contributed by atoms with Crippen LogP contribution in [0.3, 0.4) is 0 Å². The summed E-state index contributed by atoms with van der Waals surface area (Å²) in [6, 6.07) is 4.18.